The van der Waals surface area contributed by atoms with Crippen LogP contribution in [0.5, 0.6) is 0 Å². The van der Waals surface area contributed by atoms with E-state index < -0.39 is 0 Å². The first-order valence-electron chi connectivity index (χ1n) is 6.23. The van der Waals surface area contributed by atoms with Crippen LogP contribution >= 0.6 is 11.3 Å². The minimum Gasteiger partial charge on any atom is -0.350 e. The molecule has 0 saturated carbocycles. The van der Waals surface area contributed by atoms with Crippen molar-refractivity contribution in [3.63, 3.8) is 0 Å². The average molecular weight is 253 g/mol. The Labute approximate surface area is 106 Å². The molecule has 1 atom stereocenters. The third-order valence-corrected chi connectivity index (χ3v) is 3.83. The number of hydrogen-bond donors (Lipinski definition) is 2. The standard InChI is InChI=1S/C12H19N3OS/c16-11(15-9-12-14-7-8-17-12)5-4-10-3-1-2-6-13-10/h7-8,10,13H,1-6,9H2,(H,15,16). The average Bonchev–Trinajstić information content (AvgIpc) is 2.88. The molecule has 1 unspecified atom stereocenters. The lowest BCUT2D eigenvalue weighted by Crippen LogP contribution is -2.35. The molecule has 0 radical (unpaired) electrons. The van der Waals surface area contributed by atoms with E-state index in [1.54, 1.807) is 17.5 Å². The lowest BCUT2D eigenvalue weighted by molar-refractivity contribution is -0.121. The first-order valence-corrected chi connectivity index (χ1v) is 7.11. The maximum absolute atomic E-state index is 11.6. The van der Waals surface area contributed by atoms with Gasteiger partial charge in [-0.2, -0.15) is 0 Å². The van der Waals surface area contributed by atoms with Gasteiger partial charge in [-0.1, -0.05) is 6.42 Å². The number of hydrogen-bond acceptors (Lipinski definition) is 4. The van der Waals surface area contributed by atoms with E-state index in [1.165, 1.54) is 19.3 Å². The molecular formula is C12H19N3OS. The zero-order valence-electron chi connectivity index (χ0n) is 9.95. The Morgan fingerprint density at radius 1 is 1.59 bits per heavy atom. The lowest BCUT2D eigenvalue weighted by atomic mass is 10.0. The summed E-state index contributed by atoms with van der Waals surface area (Å²) < 4.78 is 0. The Morgan fingerprint density at radius 3 is 3.24 bits per heavy atom. The van der Waals surface area contributed by atoms with Crippen LogP contribution in [0.25, 0.3) is 0 Å². The van der Waals surface area contributed by atoms with Gasteiger partial charge in [0.15, 0.2) is 0 Å². The topological polar surface area (TPSA) is 54.0 Å². The van der Waals surface area contributed by atoms with Gasteiger partial charge in [0.05, 0.1) is 6.54 Å². The van der Waals surface area contributed by atoms with E-state index in [2.05, 4.69) is 15.6 Å². The van der Waals surface area contributed by atoms with E-state index in [1.807, 2.05) is 5.38 Å². The normalized spacial score (nSPS) is 20.1. The molecule has 2 N–H and O–H groups in total. The van der Waals surface area contributed by atoms with Crippen molar-refractivity contribution in [2.45, 2.75) is 44.7 Å². The van der Waals surface area contributed by atoms with Crippen molar-refractivity contribution < 1.29 is 4.79 Å². The maximum atomic E-state index is 11.6. The van der Waals surface area contributed by atoms with Gasteiger partial charge in [0, 0.05) is 24.0 Å². The molecule has 0 bridgehead atoms. The van der Waals surface area contributed by atoms with Crippen molar-refractivity contribution in [3.8, 4) is 0 Å². The van der Waals surface area contributed by atoms with Crippen LogP contribution in [-0.2, 0) is 11.3 Å². The molecule has 2 rings (SSSR count). The molecule has 1 aromatic rings. The predicted octanol–water partition coefficient (Wildman–Crippen LogP) is 1.68. The first-order chi connectivity index (χ1) is 8.34. The Hall–Kier alpha value is -0.940. The monoisotopic (exact) mass is 253 g/mol. The van der Waals surface area contributed by atoms with Crippen molar-refractivity contribution in [1.82, 2.24) is 15.6 Å². The summed E-state index contributed by atoms with van der Waals surface area (Å²) >= 11 is 1.57. The van der Waals surface area contributed by atoms with Gasteiger partial charge in [-0.25, -0.2) is 4.98 Å². The number of carbonyl (C=O) groups excluding carboxylic acids is 1. The van der Waals surface area contributed by atoms with E-state index in [9.17, 15) is 4.79 Å². The van der Waals surface area contributed by atoms with Crippen LogP contribution < -0.4 is 10.6 Å². The van der Waals surface area contributed by atoms with Crippen LogP contribution in [0.4, 0.5) is 0 Å². The van der Waals surface area contributed by atoms with Gasteiger partial charge < -0.3 is 10.6 Å². The minimum absolute atomic E-state index is 0.132. The zero-order chi connectivity index (χ0) is 11.9. The molecule has 17 heavy (non-hydrogen) atoms. The van der Waals surface area contributed by atoms with Gasteiger partial charge in [-0.3, -0.25) is 4.79 Å². The molecule has 1 aromatic heterocycles. The highest BCUT2D eigenvalue weighted by Crippen LogP contribution is 2.11. The quantitative estimate of drug-likeness (QED) is 0.839. The van der Waals surface area contributed by atoms with Crippen LogP contribution in [0, 0.1) is 0 Å². The Morgan fingerprint density at radius 2 is 2.53 bits per heavy atom. The Balaban J connectivity index is 1.60. The highest BCUT2D eigenvalue weighted by molar-refractivity contribution is 7.09. The molecular weight excluding hydrogens is 234 g/mol. The number of piperidine rings is 1. The lowest BCUT2D eigenvalue weighted by Gasteiger charge is -2.22. The van der Waals surface area contributed by atoms with Crippen LogP contribution in [-0.4, -0.2) is 23.5 Å². The molecule has 0 spiro atoms. The van der Waals surface area contributed by atoms with Gasteiger partial charge in [0.25, 0.3) is 0 Å². The summed E-state index contributed by atoms with van der Waals surface area (Å²) in [5.41, 5.74) is 0. The van der Waals surface area contributed by atoms with Crippen molar-refractivity contribution >= 4 is 17.2 Å². The summed E-state index contributed by atoms with van der Waals surface area (Å²) in [4.78, 5) is 15.7. The number of thiazole rings is 1. The number of rotatable bonds is 5. The van der Waals surface area contributed by atoms with E-state index in [-0.39, 0.29) is 5.91 Å². The fourth-order valence-electron chi connectivity index (χ4n) is 2.08. The van der Waals surface area contributed by atoms with Gasteiger partial charge in [0.1, 0.15) is 5.01 Å². The maximum Gasteiger partial charge on any atom is 0.220 e. The molecule has 1 aliphatic rings. The molecule has 1 fully saturated rings. The summed E-state index contributed by atoms with van der Waals surface area (Å²) in [7, 11) is 0. The third kappa shape index (κ3) is 4.44. The molecule has 1 saturated heterocycles. The summed E-state index contributed by atoms with van der Waals surface area (Å²) in [6, 6.07) is 0.536. The van der Waals surface area contributed by atoms with Crippen molar-refractivity contribution in [2.24, 2.45) is 0 Å². The van der Waals surface area contributed by atoms with E-state index in [4.69, 9.17) is 0 Å². The van der Waals surface area contributed by atoms with E-state index >= 15 is 0 Å². The molecule has 2 heterocycles. The van der Waals surface area contributed by atoms with Crippen molar-refractivity contribution in [1.29, 1.82) is 0 Å². The molecule has 94 valence electrons. The summed E-state index contributed by atoms with van der Waals surface area (Å²) in [5, 5.41) is 9.25. The smallest absolute Gasteiger partial charge is 0.220 e. The molecule has 1 amide bonds. The van der Waals surface area contributed by atoms with E-state index in [0.717, 1.165) is 18.0 Å². The van der Waals surface area contributed by atoms with E-state index in [0.29, 0.717) is 19.0 Å². The van der Waals surface area contributed by atoms with Gasteiger partial charge in [-0.15, -0.1) is 11.3 Å². The number of nitrogens with one attached hydrogen (secondary N) is 2. The van der Waals surface area contributed by atoms with Crippen molar-refractivity contribution in [3.05, 3.63) is 16.6 Å². The molecule has 1 aliphatic heterocycles. The van der Waals surface area contributed by atoms with Gasteiger partial charge >= 0.3 is 0 Å². The van der Waals surface area contributed by atoms with Crippen LogP contribution in [0.3, 0.4) is 0 Å². The number of amides is 1. The van der Waals surface area contributed by atoms with Crippen molar-refractivity contribution in [2.75, 3.05) is 6.54 Å². The fourth-order valence-corrected chi connectivity index (χ4v) is 2.63. The van der Waals surface area contributed by atoms with Gasteiger partial charge in [0.2, 0.25) is 5.91 Å². The fraction of sp³-hybridized carbons (Fsp3) is 0.667. The summed E-state index contributed by atoms with van der Waals surface area (Å²) in [5.74, 6) is 0.132. The molecule has 0 aromatic carbocycles. The minimum atomic E-state index is 0.132. The Bertz CT molecular complexity index is 334. The second kappa shape index (κ2) is 6.71. The largest absolute Gasteiger partial charge is 0.350 e. The number of aromatic nitrogens is 1. The second-order valence-corrected chi connectivity index (χ2v) is 5.37. The first kappa shape index (κ1) is 12.5. The van der Waals surface area contributed by atoms with Crippen LogP contribution in [0.1, 0.15) is 37.1 Å². The Kier molecular flexibility index (Phi) is 4.94. The third-order valence-electron chi connectivity index (χ3n) is 3.05. The highest BCUT2D eigenvalue weighted by atomic mass is 32.1. The van der Waals surface area contributed by atoms with Crippen LogP contribution in [0.2, 0.25) is 0 Å². The number of nitrogens with zero attached hydrogens (tertiary/aromatic N) is 1. The highest BCUT2D eigenvalue weighted by Gasteiger charge is 2.13. The SMILES string of the molecule is O=C(CCC1CCCCN1)NCc1nccs1. The van der Waals surface area contributed by atoms with Gasteiger partial charge in [-0.05, 0) is 25.8 Å². The molecule has 0 aliphatic carbocycles. The molecule has 5 heteroatoms. The number of carbonyl (C=O) groups is 1. The zero-order valence-corrected chi connectivity index (χ0v) is 10.8. The summed E-state index contributed by atoms with van der Waals surface area (Å²) in [6.07, 6.45) is 7.09. The predicted molar refractivity (Wildman–Crippen MR) is 68.8 cm³/mol. The van der Waals surface area contributed by atoms with Crippen LogP contribution in [0.15, 0.2) is 11.6 Å². The summed E-state index contributed by atoms with van der Waals surface area (Å²) in [6.45, 7) is 1.67. The molecule has 4 nitrogen and oxygen atoms in total. The second-order valence-electron chi connectivity index (χ2n) is 4.39.